The summed E-state index contributed by atoms with van der Waals surface area (Å²) >= 11 is 0. The first kappa shape index (κ1) is 9.33. The molecule has 0 amide bonds. The van der Waals surface area contributed by atoms with E-state index in [0.717, 1.165) is 12.0 Å². The molecule has 1 aliphatic rings. The molecule has 0 bridgehead atoms. The molecule has 1 rings (SSSR count). The number of allylic oxidation sites excluding steroid dienone is 3. The fourth-order valence-electron chi connectivity index (χ4n) is 1.29. The highest BCUT2D eigenvalue weighted by molar-refractivity contribution is 5.46. The van der Waals surface area contributed by atoms with Crippen molar-refractivity contribution in [2.24, 2.45) is 5.41 Å². The molecular formula is C11H10N2. The Balaban J connectivity index is 3.17. The van der Waals surface area contributed by atoms with Crippen molar-refractivity contribution in [3.8, 4) is 12.1 Å². The van der Waals surface area contributed by atoms with Crippen LogP contribution < -0.4 is 0 Å². The minimum atomic E-state index is 0.00301. The second-order valence-corrected chi connectivity index (χ2v) is 3.74. The summed E-state index contributed by atoms with van der Waals surface area (Å²) < 4.78 is 0. The van der Waals surface area contributed by atoms with E-state index in [4.69, 9.17) is 10.5 Å². The van der Waals surface area contributed by atoms with Crippen LogP contribution in [-0.4, -0.2) is 0 Å². The third kappa shape index (κ3) is 2.09. The second kappa shape index (κ2) is 3.31. The third-order valence-corrected chi connectivity index (χ3v) is 1.92. The molecule has 0 radical (unpaired) electrons. The Bertz CT molecular complexity index is 375. The molecule has 13 heavy (non-hydrogen) atoms. The monoisotopic (exact) mass is 170 g/mol. The van der Waals surface area contributed by atoms with Crippen molar-refractivity contribution in [2.45, 2.75) is 20.3 Å². The standard InChI is InChI=1S/C11H10N2/c1-11(2)5-3-4-9(6-11)10(7-12)8-13/h4-5H,6H2,1-2H3. The molecule has 2 heteroatoms. The van der Waals surface area contributed by atoms with Crippen molar-refractivity contribution in [3.63, 3.8) is 0 Å². The van der Waals surface area contributed by atoms with E-state index in [0.29, 0.717) is 0 Å². The van der Waals surface area contributed by atoms with Crippen molar-refractivity contribution in [1.29, 1.82) is 10.5 Å². The van der Waals surface area contributed by atoms with Crippen LogP contribution in [0.4, 0.5) is 0 Å². The molecule has 0 aromatic carbocycles. The van der Waals surface area contributed by atoms with E-state index in [9.17, 15) is 0 Å². The maximum Gasteiger partial charge on any atom is 0.133 e. The summed E-state index contributed by atoms with van der Waals surface area (Å²) in [6.45, 7) is 4.11. The van der Waals surface area contributed by atoms with Crippen molar-refractivity contribution < 1.29 is 0 Å². The van der Waals surface area contributed by atoms with Gasteiger partial charge in [-0.25, -0.2) is 0 Å². The zero-order valence-electron chi connectivity index (χ0n) is 7.76. The van der Waals surface area contributed by atoms with Crippen LogP contribution in [0.25, 0.3) is 0 Å². The Morgan fingerprint density at radius 3 is 2.54 bits per heavy atom. The molecular weight excluding hydrogens is 160 g/mol. The molecule has 1 aliphatic carbocycles. The molecule has 0 fully saturated rings. The van der Waals surface area contributed by atoms with E-state index < -0.39 is 0 Å². The number of nitrogens with zero attached hydrogens (tertiary/aromatic N) is 2. The zero-order valence-corrected chi connectivity index (χ0v) is 7.76. The van der Waals surface area contributed by atoms with Gasteiger partial charge in [-0.1, -0.05) is 13.8 Å². The zero-order chi connectivity index (χ0) is 9.90. The van der Waals surface area contributed by atoms with Crippen molar-refractivity contribution in [2.75, 3.05) is 0 Å². The smallest absolute Gasteiger partial charge is 0.133 e. The number of hydrogen-bond acceptors (Lipinski definition) is 2. The summed E-state index contributed by atoms with van der Waals surface area (Å²) in [5.74, 6) is 0. The lowest BCUT2D eigenvalue weighted by Gasteiger charge is -2.21. The van der Waals surface area contributed by atoms with E-state index in [1.165, 1.54) is 0 Å². The van der Waals surface area contributed by atoms with Crippen LogP contribution in [-0.2, 0) is 0 Å². The molecule has 0 aromatic rings. The van der Waals surface area contributed by atoms with Gasteiger partial charge in [-0.15, -0.1) is 5.73 Å². The molecule has 64 valence electrons. The predicted molar refractivity (Wildman–Crippen MR) is 49.3 cm³/mol. The summed E-state index contributed by atoms with van der Waals surface area (Å²) in [6, 6.07) is 3.79. The normalized spacial score (nSPS) is 17.7. The first-order valence-electron chi connectivity index (χ1n) is 4.06. The van der Waals surface area contributed by atoms with Crippen LogP contribution in [0, 0.1) is 28.1 Å². The van der Waals surface area contributed by atoms with Gasteiger partial charge in [-0.2, -0.15) is 10.5 Å². The second-order valence-electron chi connectivity index (χ2n) is 3.74. The van der Waals surface area contributed by atoms with E-state index in [1.54, 1.807) is 6.08 Å². The van der Waals surface area contributed by atoms with Gasteiger partial charge in [-0.05, 0) is 29.6 Å². The Morgan fingerprint density at radius 1 is 1.46 bits per heavy atom. The van der Waals surface area contributed by atoms with E-state index in [-0.39, 0.29) is 11.0 Å². The maximum absolute atomic E-state index is 8.66. The van der Waals surface area contributed by atoms with E-state index in [2.05, 4.69) is 19.6 Å². The van der Waals surface area contributed by atoms with Gasteiger partial charge in [0.15, 0.2) is 0 Å². The van der Waals surface area contributed by atoms with Crippen molar-refractivity contribution >= 4 is 0 Å². The van der Waals surface area contributed by atoms with Crippen LogP contribution in [0.15, 0.2) is 29.0 Å². The summed E-state index contributed by atoms with van der Waals surface area (Å²) in [4.78, 5) is 0. The van der Waals surface area contributed by atoms with Crippen LogP contribution in [0.5, 0.6) is 0 Å². The molecule has 0 spiro atoms. The van der Waals surface area contributed by atoms with Crippen LogP contribution in [0.3, 0.4) is 0 Å². The van der Waals surface area contributed by atoms with Crippen molar-refractivity contribution in [1.82, 2.24) is 0 Å². The molecule has 0 N–H and O–H groups in total. The van der Waals surface area contributed by atoms with Gasteiger partial charge in [-0.3, -0.25) is 0 Å². The highest BCUT2D eigenvalue weighted by Crippen LogP contribution is 2.31. The Hall–Kier alpha value is -1.76. The van der Waals surface area contributed by atoms with Gasteiger partial charge in [0.25, 0.3) is 0 Å². The number of nitriles is 2. The summed E-state index contributed by atoms with van der Waals surface area (Å²) in [6.07, 6.45) is 4.41. The van der Waals surface area contributed by atoms with E-state index in [1.807, 2.05) is 18.2 Å². The van der Waals surface area contributed by atoms with Gasteiger partial charge in [0, 0.05) is 0 Å². The highest BCUT2D eigenvalue weighted by atomic mass is 14.3. The minimum Gasteiger partial charge on any atom is -0.192 e. The largest absolute Gasteiger partial charge is 0.192 e. The SMILES string of the molecule is CC1(C)C=C=CC(=C(C#N)C#N)C1. The van der Waals surface area contributed by atoms with Crippen LogP contribution in [0.1, 0.15) is 20.3 Å². The Kier molecular flexibility index (Phi) is 2.38. The first-order valence-corrected chi connectivity index (χ1v) is 4.06. The highest BCUT2D eigenvalue weighted by Gasteiger charge is 2.19. The maximum atomic E-state index is 8.66. The molecule has 0 saturated carbocycles. The molecule has 0 atom stereocenters. The lowest BCUT2D eigenvalue weighted by atomic mass is 9.81. The fourth-order valence-corrected chi connectivity index (χ4v) is 1.29. The van der Waals surface area contributed by atoms with Gasteiger partial charge in [0.05, 0.1) is 0 Å². The quantitative estimate of drug-likeness (QED) is 0.414. The lowest BCUT2D eigenvalue weighted by molar-refractivity contribution is 0.475. The molecule has 0 aromatic heterocycles. The summed E-state index contributed by atoms with van der Waals surface area (Å²) in [7, 11) is 0. The number of hydrogen-bond donors (Lipinski definition) is 0. The Labute approximate surface area is 78.1 Å². The number of rotatable bonds is 0. The molecule has 2 nitrogen and oxygen atoms in total. The molecule has 0 heterocycles. The van der Waals surface area contributed by atoms with Crippen LogP contribution >= 0.6 is 0 Å². The first-order chi connectivity index (χ1) is 6.09. The summed E-state index contributed by atoms with van der Waals surface area (Å²) in [5, 5.41) is 17.3. The third-order valence-electron chi connectivity index (χ3n) is 1.92. The summed E-state index contributed by atoms with van der Waals surface area (Å²) in [5.41, 5.74) is 3.96. The van der Waals surface area contributed by atoms with Crippen LogP contribution in [0.2, 0.25) is 0 Å². The topological polar surface area (TPSA) is 47.6 Å². The molecule has 0 unspecified atom stereocenters. The van der Waals surface area contributed by atoms with Crippen molar-refractivity contribution in [3.05, 3.63) is 29.0 Å². The fraction of sp³-hybridized carbons (Fsp3) is 0.364. The van der Waals surface area contributed by atoms with E-state index >= 15 is 0 Å². The van der Waals surface area contributed by atoms with Gasteiger partial charge >= 0.3 is 0 Å². The average Bonchev–Trinajstić information content (AvgIpc) is 2.05. The minimum absolute atomic E-state index is 0.00301. The molecule has 0 saturated heterocycles. The molecule has 0 aliphatic heterocycles. The van der Waals surface area contributed by atoms with Gasteiger partial charge < -0.3 is 0 Å². The van der Waals surface area contributed by atoms with Gasteiger partial charge in [0.1, 0.15) is 17.7 Å². The average molecular weight is 170 g/mol. The van der Waals surface area contributed by atoms with Gasteiger partial charge in [0.2, 0.25) is 0 Å². The predicted octanol–water partition coefficient (Wildman–Crippen LogP) is 2.47. The Morgan fingerprint density at radius 2 is 2.08 bits per heavy atom. The lowest BCUT2D eigenvalue weighted by Crippen LogP contribution is -2.10.